The van der Waals surface area contributed by atoms with Crippen LogP contribution >= 0.6 is 0 Å². The van der Waals surface area contributed by atoms with Gasteiger partial charge in [-0.25, -0.2) is 8.42 Å². The fraction of sp³-hybridized carbons (Fsp3) is 0.471. The SMILES string of the molecule is CC[N+](C)(C)CCCNC(=O)C1=C(O)c2ccccc2S(=O)(=O)N1C.[I-]. The van der Waals surface area contributed by atoms with Gasteiger partial charge in [0, 0.05) is 25.6 Å². The standard InChI is InChI=1S/C17H25N3O4S.HI/c1-5-20(3,4)12-8-11-18-17(22)15-16(21)13-9-6-7-10-14(13)25(23,24)19(15)2;/h6-7,9-10H,5,8,11-12H2,1-4H3,(H-,18,21,22);1H. The third-order valence-corrected chi connectivity index (χ3v) is 6.43. The number of amides is 1. The summed E-state index contributed by atoms with van der Waals surface area (Å²) in [6, 6.07) is 6.10. The van der Waals surface area contributed by atoms with Gasteiger partial charge >= 0.3 is 0 Å². The molecule has 0 aliphatic carbocycles. The minimum absolute atomic E-state index is 0. The van der Waals surface area contributed by atoms with Gasteiger partial charge in [0.1, 0.15) is 0 Å². The molecule has 1 amide bonds. The van der Waals surface area contributed by atoms with E-state index in [2.05, 4.69) is 26.3 Å². The van der Waals surface area contributed by atoms with Crippen molar-refractivity contribution in [2.75, 3.05) is 40.8 Å². The molecule has 1 aliphatic heterocycles. The first-order valence-electron chi connectivity index (χ1n) is 8.23. The normalized spacial score (nSPS) is 15.9. The molecule has 7 nitrogen and oxygen atoms in total. The van der Waals surface area contributed by atoms with Gasteiger partial charge in [0.05, 0.1) is 32.1 Å². The topological polar surface area (TPSA) is 86.7 Å². The summed E-state index contributed by atoms with van der Waals surface area (Å²) in [4.78, 5) is 12.5. The predicted octanol–water partition coefficient (Wildman–Crippen LogP) is -1.85. The van der Waals surface area contributed by atoms with E-state index in [1.54, 1.807) is 12.1 Å². The van der Waals surface area contributed by atoms with E-state index < -0.39 is 15.9 Å². The summed E-state index contributed by atoms with van der Waals surface area (Å²) in [6.45, 7) is 4.38. The summed E-state index contributed by atoms with van der Waals surface area (Å²) < 4.78 is 26.8. The van der Waals surface area contributed by atoms with Crippen molar-refractivity contribution < 1.29 is 46.8 Å². The molecule has 0 bridgehead atoms. The van der Waals surface area contributed by atoms with E-state index in [1.165, 1.54) is 19.2 Å². The van der Waals surface area contributed by atoms with Crippen LogP contribution in [0.5, 0.6) is 0 Å². The molecule has 0 atom stereocenters. The van der Waals surface area contributed by atoms with E-state index in [-0.39, 0.29) is 45.9 Å². The lowest BCUT2D eigenvalue weighted by molar-refractivity contribution is -0.888. The molecule has 0 spiro atoms. The number of nitrogens with one attached hydrogen (secondary N) is 1. The molecule has 0 unspecified atom stereocenters. The van der Waals surface area contributed by atoms with Crippen LogP contribution in [-0.2, 0) is 14.8 Å². The van der Waals surface area contributed by atoms with Crippen molar-refractivity contribution in [1.29, 1.82) is 0 Å². The summed E-state index contributed by atoms with van der Waals surface area (Å²) >= 11 is 0. The quantitative estimate of drug-likeness (QED) is 0.276. The Hall–Kier alpha value is -1.33. The lowest BCUT2D eigenvalue weighted by Gasteiger charge is -2.29. The zero-order chi connectivity index (χ0) is 18.8. The lowest BCUT2D eigenvalue weighted by Crippen LogP contribution is -3.00. The van der Waals surface area contributed by atoms with Crippen LogP contribution in [-0.4, -0.2) is 69.0 Å². The molecular formula is C17H26IN3O4S. The second-order valence-electron chi connectivity index (χ2n) is 6.75. The number of aliphatic hydroxyl groups excluding tert-OH is 1. The Morgan fingerprint density at radius 3 is 2.50 bits per heavy atom. The van der Waals surface area contributed by atoms with E-state index in [1.807, 2.05) is 0 Å². The van der Waals surface area contributed by atoms with Gasteiger partial charge < -0.3 is 38.9 Å². The van der Waals surface area contributed by atoms with Crippen molar-refractivity contribution in [3.05, 3.63) is 35.5 Å². The Kier molecular flexibility index (Phi) is 7.49. The minimum Gasteiger partial charge on any atom is -1.00 e. The van der Waals surface area contributed by atoms with Gasteiger partial charge in [-0.3, -0.25) is 9.10 Å². The Morgan fingerprint density at radius 2 is 1.88 bits per heavy atom. The summed E-state index contributed by atoms with van der Waals surface area (Å²) in [6.07, 6.45) is 0.758. The second-order valence-corrected chi connectivity index (χ2v) is 8.69. The molecule has 146 valence electrons. The van der Waals surface area contributed by atoms with Crippen molar-refractivity contribution in [2.45, 2.75) is 18.2 Å². The number of aliphatic hydroxyl groups is 1. The number of halogens is 1. The van der Waals surface area contributed by atoms with Crippen LogP contribution in [0.2, 0.25) is 0 Å². The predicted molar refractivity (Wildman–Crippen MR) is 96.1 cm³/mol. The molecule has 0 saturated carbocycles. The van der Waals surface area contributed by atoms with Gasteiger partial charge in [-0.2, -0.15) is 0 Å². The van der Waals surface area contributed by atoms with Crippen molar-refractivity contribution in [3.63, 3.8) is 0 Å². The van der Waals surface area contributed by atoms with Crippen LogP contribution in [0.4, 0.5) is 0 Å². The first-order valence-corrected chi connectivity index (χ1v) is 9.67. The molecule has 2 rings (SSSR count). The molecule has 0 fully saturated rings. The number of likely N-dealkylation sites (N-methyl/N-ethyl adjacent to an activating group) is 1. The van der Waals surface area contributed by atoms with Crippen LogP contribution in [0.15, 0.2) is 34.9 Å². The van der Waals surface area contributed by atoms with Crippen LogP contribution < -0.4 is 29.3 Å². The average molecular weight is 495 g/mol. The lowest BCUT2D eigenvalue weighted by atomic mass is 10.1. The molecule has 1 aromatic carbocycles. The number of benzene rings is 1. The number of rotatable bonds is 6. The molecule has 26 heavy (non-hydrogen) atoms. The molecular weight excluding hydrogens is 469 g/mol. The largest absolute Gasteiger partial charge is 1.00 e. The van der Waals surface area contributed by atoms with E-state index in [4.69, 9.17) is 0 Å². The molecule has 0 aromatic heterocycles. The minimum atomic E-state index is -3.85. The van der Waals surface area contributed by atoms with Gasteiger partial charge in [-0.05, 0) is 19.1 Å². The van der Waals surface area contributed by atoms with E-state index in [0.717, 1.165) is 28.3 Å². The van der Waals surface area contributed by atoms with E-state index in [0.29, 0.717) is 6.54 Å². The first-order chi connectivity index (χ1) is 11.6. The second kappa shape index (κ2) is 8.57. The van der Waals surface area contributed by atoms with Crippen LogP contribution in [0.3, 0.4) is 0 Å². The van der Waals surface area contributed by atoms with E-state index >= 15 is 0 Å². The number of fused-ring (bicyclic) bond motifs is 1. The summed E-state index contributed by atoms with van der Waals surface area (Å²) in [5.74, 6) is -0.921. The van der Waals surface area contributed by atoms with E-state index in [9.17, 15) is 18.3 Å². The van der Waals surface area contributed by atoms with Gasteiger partial charge in [0.15, 0.2) is 11.5 Å². The number of sulfonamides is 1. The Morgan fingerprint density at radius 1 is 1.27 bits per heavy atom. The number of hydrogen-bond donors (Lipinski definition) is 2. The molecule has 1 aromatic rings. The highest BCUT2D eigenvalue weighted by Gasteiger charge is 2.37. The number of nitrogens with zero attached hydrogens (tertiary/aromatic N) is 2. The first kappa shape index (κ1) is 22.7. The van der Waals surface area contributed by atoms with Crippen LogP contribution in [0, 0.1) is 0 Å². The zero-order valence-electron chi connectivity index (χ0n) is 15.5. The Balaban J connectivity index is 0.00000338. The molecule has 9 heteroatoms. The molecule has 1 aliphatic rings. The maximum atomic E-state index is 12.6. The molecule has 1 heterocycles. The van der Waals surface area contributed by atoms with Crippen LogP contribution in [0.1, 0.15) is 18.9 Å². The fourth-order valence-corrected chi connectivity index (χ4v) is 4.03. The van der Waals surface area contributed by atoms with Crippen LogP contribution in [0.25, 0.3) is 5.76 Å². The number of hydrogen-bond acceptors (Lipinski definition) is 4. The zero-order valence-corrected chi connectivity index (χ0v) is 18.5. The van der Waals surface area contributed by atoms with Gasteiger partial charge in [-0.15, -0.1) is 0 Å². The maximum Gasteiger partial charge on any atom is 0.272 e. The number of carbonyl (C=O) groups excluding carboxylic acids is 1. The third-order valence-electron chi connectivity index (χ3n) is 4.62. The monoisotopic (exact) mass is 495 g/mol. The maximum absolute atomic E-state index is 12.6. The Bertz CT molecular complexity index is 806. The average Bonchev–Trinajstić information content (AvgIpc) is 2.57. The number of quaternary nitrogens is 1. The Labute approximate surface area is 172 Å². The highest BCUT2D eigenvalue weighted by atomic mass is 127. The summed E-state index contributed by atoms with van der Waals surface area (Å²) in [7, 11) is 1.63. The van der Waals surface area contributed by atoms with Gasteiger partial charge in [0.25, 0.3) is 15.9 Å². The summed E-state index contributed by atoms with van der Waals surface area (Å²) in [5.41, 5.74) is -0.0996. The van der Waals surface area contributed by atoms with Crippen molar-refractivity contribution in [2.24, 2.45) is 0 Å². The number of carbonyl (C=O) groups is 1. The van der Waals surface area contributed by atoms with Crippen molar-refractivity contribution in [1.82, 2.24) is 9.62 Å². The van der Waals surface area contributed by atoms with Gasteiger partial charge in [0.2, 0.25) is 0 Å². The molecule has 0 radical (unpaired) electrons. The molecule has 0 saturated heterocycles. The van der Waals surface area contributed by atoms with Crippen molar-refractivity contribution in [3.8, 4) is 0 Å². The summed E-state index contributed by atoms with van der Waals surface area (Å²) in [5, 5.41) is 13.1. The van der Waals surface area contributed by atoms with Gasteiger partial charge in [-0.1, -0.05) is 12.1 Å². The third kappa shape index (κ3) is 4.49. The van der Waals surface area contributed by atoms with Crippen molar-refractivity contribution >= 4 is 21.7 Å². The smallest absolute Gasteiger partial charge is 0.272 e. The molecule has 2 N–H and O–H groups in total. The highest BCUT2D eigenvalue weighted by molar-refractivity contribution is 7.89. The highest BCUT2D eigenvalue weighted by Crippen LogP contribution is 2.34. The fourth-order valence-electron chi connectivity index (χ4n) is 2.63.